The second-order valence-electron chi connectivity index (χ2n) is 5.36. The maximum absolute atomic E-state index is 12.5. The average Bonchev–Trinajstić information content (AvgIpc) is 3.07. The molecule has 1 aromatic carbocycles. The minimum Gasteiger partial charge on any atom is -0.489 e. The van der Waals surface area contributed by atoms with Crippen LogP contribution in [0.15, 0.2) is 36.2 Å². The highest BCUT2D eigenvalue weighted by Gasteiger charge is 2.15. The number of aromatic nitrogens is 3. The van der Waals surface area contributed by atoms with Gasteiger partial charge in [0.25, 0.3) is 0 Å². The Kier molecular flexibility index (Phi) is 6.62. The molecule has 6 nitrogen and oxygen atoms in total. The number of hydrogen-bond donors (Lipinski definition) is 2. The summed E-state index contributed by atoms with van der Waals surface area (Å²) >= 11 is -0.238. The summed E-state index contributed by atoms with van der Waals surface area (Å²) in [6.07, 6.45) is 1.36. The van der Waals surface area contributed by atoms with Gasteiger partial charge in [0.15, 0.2) is 11.6 Å². The number of nitrogens with two attached hydrogens (primary N) is 1. The van der Waals surface area contributed by atoms with Crippen LogP contribution in [0.2, 0.25) is 0 Å². The molecule has 0 aliphatic rings. The molecule has 1 atom stereocenters. The number of halogens is 1. The Morgan fingerprint density at radius 3 is 2.71 bits per heavy atom. The van der Waals surface area contributed by atoms with Crippen molar-refractivity contribution in [3.8, 4) is 17.1 Å². The van der Waals surface area contributed by atoms with Crippen LogP contribution in [0.25, 0.3) is 11.4 Å². The topological polar surface area (TPSA) is 83.0 Å². The minimum atomic E-state index is -0.238. The Bertz CT molecular complexity index is 715. The summed E-state index contributed by atoms with van der Waals surface area (Å²) in [5, 5.41) is 4.27. The second-order valence-corrected chi connectivity index (χ2v) is 5.90. The number of rotatable bonds is 8. The molecule has 0 bridgehead atoms. The van der Waals surface area contributed by atoms with Crippen LogP contribution in [0, 0.1) is 0 Å². The summed E-state index contributed by atoms with van der Waals surface area (Å²) in [5.74, 6) is 1.97. The molecular weight excluding hydrogens is 331 g/mol. The van der Waals surface area contributed by atoms with Gasteiger partial charge in [-0.05, 0) is 30.7 Å². The summed E-state index contributed by atoms with van der Waals surface area (Å²) in [7, 11) is 0. The van der Waals surface area contributed by atoms with E-state index in [9.17, 15) is 8.60 Å². The van der Waals surface area contributed by atoms with E-state index in [1.807, 2.05) is 13.8 Å². The molecule has 0 aliphatic carbocycles. The van der Waals surface area contributed by atoms with Crippen LogP contribution in [0.1, 0.15) is 32.0 Å². The highest BCUT2D eigenvalue weighted by Crippen LogP contribution is 2.24. The number of hydrogen-bond acceptors (Lipinski definition) is 5. The molecule has 2 rings (SSSR count). The van der Waals surface area contributed by atoms with Crippen molar-refractivity contribution in [2.24, 2.45) is 5.73 Å². The first-order chi connectivity index (χ1) is 11.6. The molecule has 2 aromatic rings. The number of thiol groups is 1. The van der Waals surface area contributed by atoms with Crippen molar-refractivity contribution in [3.05, 3.63) is 42.0 Å². The molecule has 130 valence electrons. The van der Waals surface area contributed by atoms with E-state index in [1.54, 1.807) is 24.3 Å². The van der Waals surface area contributed by atoms with Gasteiger partial charge in [0.05, 0.1) is 6.33 Å². The lowest BCUT2D eigenvalue weighted by Crippen LogP contribution is -2.10. The zero-order valence-electron chi connectivity index (χ0n) is 13.6. The largest absolute Gasteiger partial charge is 0.489 e. The van der Waals surface area contributed by atoms with E-state index in [0.29, 0.717) is 29.3 Å². The summed E-state index contributed by atoms with van der Waals surface area (Å²) in [4.78, 5) is 4.48. The predicted octanol–water partition coefficient (Wildman–Crippen LogP) is 2.36. The van der Waals surface area contributed by atoms with Gasteiger partial charge in [0, 0.05) is 23.6 Å². The maximum atomic E-state index is 12.5. The van der Waals surface area contributed by atoms with Gasteiger partial charge >= 0.3 is 0 Å². The molecule has 0 aliphatic heterocycles. The zero-order valence-corrected chi connectivity index (χ0v) is 14.5. The third kappa shape index (κ3) is 4.27. The van der Waals surface area contributed by atoms with Gasteiger partial charge in [-0.15, -0.1) is 5.10 Å². The summed E-state index contributed by atoms with van der Waals surface area (Å²) in [6, 6.07) is 7.07. The zero-order chi connectivity index (χ0) is 17.5. The molecule has 0 radical (unpaired) electrons. The van der Waals surface area contributed by atoms with Gasteiger partial charge in [0.2, 0.25) is 0 Å². The molecule has 8 heteroatoms. The molecule has 0 saturated heterocycles. The number of nitrogens with zero attached hydrogens (tertiary/aromatic N) is 3. The van der Waals surface area contributed by atoms with Gasteiger partial charge in [-0.3, -0.25) is 0 Å². The van der Waals surface area contributed by atoms with Crippen molar-refractivity contribution in [2.75, 3.05) is 13.2 Å². The second kappa shape index (κ2) is 8.70. The van der Waals surface area contributed by atoms with Crippen molar-refractivity contribution in [3.63, 3.8) is 0 Å². The van der Waals surface area contributed by atoms with Crippen molar-refractivity contribution in [2.45, 2.75) is 26.2 Å². The van der Waals surface area contributed by atoms with Crippen LogP contribution in [0.4, 0.5) is 4.39 Å². The number of ether oxygens (including phenoxy) is 1. The van der Waals surface area contributed by atoms with Gasteiger partial charge in [-0.25, -0.2) is 13.6 Å². The van der Waals surface area contributed by atoms with Crippen LogP contribution in [-0.2, 0) is 11.9 Å². The first-order valence-corrected chi connectivity index (χ1v) is 8.41. The Hall–Kier alpha value is -2.06. The van der Waals surface area contributed by atoms with Gasteiger partial charge in [0.1, 0.15) is 24.2 Å². The lowest BCUT2D eigenvalue weighted by atomic mass is 10.1. The van der Waals surface area contributed by atoms with E-state index in [1.165, 1.54) is 4.09 Å². The predicted molar refractivity (Wildman–Crippen MR) is 92.8 cm³/mol. The standard InChI is InChI=1S/C16H21FN4O2S/c1-3-11(2)15-19-16(21(20-15)24-22)13-4-6-14(7-5-13)23-10-12(8-17)9-18/h4-8,11,24H,3,9-10,18H2,1-2H3/b12-8+. The molecule has 0 amide bonds. The Balaban J connectivity index is 2.18. The summed E-state index contributed by atoms with van der Waals surface area (Å²) < 4.78 is 30.6. The Labute approximate surface area is 144 Å². The highest BCUT2D eigenvalue weighted by atomic mass is 32.2. The summed E-state index contributed by atoms with van der Waals surface area (Å²) in [6.45, 7) is 4.28. The summed E-state index contributed by atoms with van der Waals surface area (Å²) in [5.41, 5.74) is 6.53. The Morgan fingerprint density at radius 2 is 2.17 bits per heavy atom. The van der Waals surface area contributed by atoms with Gasteiger partial charge in [-0.2, -0.15) is 4.09 Å². The Morgan fingerprint density at radius 1 is 1.46 bits per heavy atom. The van der Waals surface area contributed by atoms with Crippen LogP contribution in [0.3, 0.4) is 0 Å². The van der Waals surface area contributed by atoms with Crippen molar-refractivity contribution in [1.82, 2.24) is 14.2 Å². The van der Waals surface area contributed by atoms with E-state index in [-0.39, 0.29) is 30.9 Å². The first-order valence-electron chi connectivity index (χ1n) is 7.64. The SMILES string of the molecule is CCC(C)c1nc(-c2ccc(OC/C(=C/F)CN)cc2)n([SH]=O)n1. The molecule has 24 heavy (non-hydrogen) atoms. The van der Waals surface area contributed by atoms with Crippen LogP contribution in [0.5, 0.6) is 5.75 Å². The van der Waals surface area contributed by atoms with Crippen LogP contribution in [-0.4, -0.2) is 31.5 Å². The fourth-order valence-corrected chi connectivity index (χ4v) is 2.33. The third-order valence-corrected chi connectivity index (χ3v) is 4.12. The first kappa shape index (κ1) is 18.3. The van der Waals surface area contributed by atoms with Gasteiger partial charge < -0.3 is 10.5 Å². The molecule has 2 N–H and O–H groups in total. The smallest absolute Gasteiger partial charge is 0.172 e. The molecule has 0 spiro atoms. The van der Waals surface area contributed by atoms with E-state index < -0.39 is 0 Å². The van der Waals surface area contributed by atoms with Gasteiger partial charge in [-0.1, -0.05) is 13.8 Å². The molecular formula is C16H21FN4O2S. The van der Waals surface area contributed by atoms with Crippen molar-refractivity contribution < 1.29 is 13.3 Å². The quantitative estimate of drug-likeness (QED) is 0.713. The number of benzene rings is 1. The molecule has 1 heterocycles. The minimum absolute atomic E-state index is 0.0971. The molecule has 0 saturated carbocycles. The third-order valence-electron chi connectivity index (χ3n) is 3.69. The lowest BCUT2D eigenvalue weighted by Gasteiger charge is -2.07. The van der Waals surface area contributed by atoms with Crippen LogP contribution < -0.4 is 10.5 Å². The molecule has 0 fully saturated rings. The average molecular weight is 352 g/mol. The van der Waals surface area contributed by atoms with E-state index in [4.69, 9.17) is 10.5 Å². The lowest BCUT2D eigenvalue weighted by molar-refractivity contribution is 0.347. The van der Waals surface area contributed by atoms with E-state index in [2.05, 4.69) is 10.1 Å². The van der Waals surface area contributed by atoms with E-state index >= 15 is 0 Å². The van der Waals surface area contributed by atoms with Crippen molar-refractivity contribution >= 4 is 11.9 Å². The highest BCUT2D eigenvalue weighted by molar-refractivity contribution is 7.63. The normalized spacial score (nSPS) is 13.1. The fraction of sp³-hybridized carbons (Fsp3) is 0.375. The molecule has 1 aromatic heterocycles. The molecule has 1 unspecified atom stereocenters. The maximum Gasteiger partial charge on any atom is 0.172 e. The fourth-order valence-electron chi connectivity index (χ4n) is 1.96. The van der Waals surface area contributed by atoms with Crippen LogP contribution >= 0.6 is 0 Å². The van der Waals surface area contributed by atoms with Crippen molar-refractivity contribution in [1.29, 1.82) is 0 Å². The van der Waals surface area contributed by atoms with E-state index in [0.717, 1.165) is 12.0 Å². The monoisotopic (exact) mass is 352 g/mol.